The summed E-state index contributed by atoms with van der Waals surface area (Å²) in [7, 11) is 0. The Morgan fingerprint density at radius 2 is 2.25 bits per heavy atom. The third-order valence-corrected chi connectivity index (χ3v) is 3.03. The molecule has 16 heavy (non-hydrogen) atoms. The molecule has 5 heteroatoms. The Bertz CT molecular complexity index is 217. The highest BCUT2D eigenvalue weighted by Gasteiger charge is 2.22. The Hall–Kier alpha value is -0.130. The van der Waals surface area contributed by atoms with Crippen LogP contribution in [0.15, 0.2) is 0 Å². The number of ether oxygens (including phenoxy) is 2. The van der Waals surface area contributed by atoms with E-state index in [1.807, 2.05) is 0 Å². The Morgan fingerprint density at radius 1 is 1.50 bits per heavy atom. The second kappa shape index (κ2) is 7.25. The summed E-state index contributed by atoms with van der Waals surface area (Å²) in [4.78, 5) is 12.0. The van der Waals surface area contributed by atoms with Gasteiger partial charge in [-0.2, -0.15) is 0 Å². The van der Waals surface area contributed by atoms with Gasteiger partial charge in [-0.1, -0.05) is 29.8 Å². The van der Waals surface area contributed by atoms with Crippen molar-refractivity contribution in [1.29, 1.82) is 0 Å². The molecule has 0 bridgehead atoms. The average molecular weight is 294 g/mol. The number of alkyl halides is 1. The van der Waals surface area contributed by atoms with Crippen LogP contribution in [0.5, 0.6) is 0 Å². The highest BCUT2D eigenvalue weighted by Crippen LogP contribution is 2.11. The highest BCUT2D eigenvalue weighted by molar-refractivity contribution is 9.09. The molecule has 1 fully saturated rings. The Balaban J connectivity index is 2.18. The maximum atomic E-state index is 11.7. The number of hydrogen-bond acceptors (Lipinski definition) is 3. The zero-order chi connectivity index (χ0) is 12.0. The van der Waals surface area contributed by atoms with Gasteiger partial charge in [0.25, 0.3) is 5.91 Å². The number of hydrogen-bond donors (Lipinski definition) is 1. The van der Waals surface area contributed by atoms with E-state index in [-0.39, 0.29) is 5.91 Å². The van der Waals surface area contributed by atoms with Crippen LogP contribution in [0.2, 0.25) is 0 Å². The molecule has 1 N–H and O–H groups in total. The van der Waals surface area contributed by atoms with Gasteiger partial charge in [-0.3, -0.25) is 4.79 Å². The minimum absolute atomic E-state index is 0.0760. The number of rotatable bonds is 5. The Kier molecular flexibility index (Phi) is 6.31. The summed E-state index contributed by atoms with van der Waals surface area (Å²) >= 11 is 3.54. The largest absolute Gasteiger partial charge is 0.376 e. The first kappa shape index (κ1) is 13.9. The molecule has 94 valence electrons. The number of halogens is 1. The zero-order valence-corrected chi connectivity index (χ0v) is 11.5. The molecule has 1 heterocycles. The topological polar surface area (TPSA) is 47.6 Å². The molecule has 0 aromatic rings. The number of amides is 1. The van der Waals surface area contributed by atoms with Crippen molar-refractivity contribution in [2.45, 2.75) is 31.2 Å². The van der Waals surface area contributed by atoms with E-state index < -0.39 is 6.10 Å². The molecular weight excluding hydrogens is 274 g/mol. The summed E-state index contributed by atoms with van der Waals surface area (Å²) in [5.74, 6) is 0.545. The van der Waals surface area contributed by atoms with Crippen LogP contribution >= 0.6 is 15.9 Å². The van der Waals surface area contributed by atoms with E-state index >= 15 is 0 Å². The van der Waals surface area contributed by atoms with Crippen molar-refractivity contribution in [3.8, 4) is 0 Å². The van der Waals surface area contributed by atoms with Gasteiger partial charge in [0, 0.05) is 11.4 Å². The highest BCUT2D eigenvalue weighted by atomic mass is 79.9. The molecule has 0 aliphatic carbocycles. The van der Waals surface area contributed by atoms with Crippen LogP contribution in [0.4, 0.5) is 0 Å². The van der Waals surface area contributed by atoms with Crippen LogP contribution in [0, 0.1) is 5.92 Å². The first-order valence-corrected chi connectivity index (χ1v) is 6.62. The van der Waals surface area contributed by atoms with Crippen LogP contribution < -0.4 is 5.32 Å². The molecule has 1 amide bonds. The lowest BCUT2D eigenvalue weighted by Crippen LogP contribution is -2.44. The molecule has 0 aromatic heterocycles. The van der Waals surface area contributed by atoms with E-state index in [9.17, 15) is 4.79 Å². The number of nitrogens with one attached hydrogen (secondary N) is 1. The van der Waals surface area contributed by atoms with Crippen molar-refractivity contribution < 1.29 is 14.3 Å². The molecule has 2 unspecified atom stereocenters. The van der Waals surface area contributed by atoms with E-state index in [0.717, 1.165) is 6.42 Å². The Morgan fingerprint density at radius 3 is 2.81 bits per heavy atom. The molecule has 0 spiro atoms. The zero-order valence-electron chi connectivity index (χ0n) is 9.87. The summed E-state index contributed by atoms with van der Waals surface area (Å²) < 4.78 is 10.5. The van der Waals surface area contributed by atoms with Gasteiger partial charge in [-0.05, 0) is 12.3 Å². The standard InChI is InChI=1S/C11H20BrNO3/c1-8(2)5-9(12)6-13-11(14)10-7-15-3-4-16-10/h8-10H,3-7H2,1-2H3,(H,13,14). The molecule has 1 saturated heterocycles. The van der Waals surface area contributed by atoms with Gasteiger partial charge in [-0.15, -0.1) is 0 Å². The van der Waals surface area contributed by atoms with Gasteiger partial charge in [0.1, 0.15) is 0 Å². The van der Waals surface area contributed by atoms with Gasteiger partial charge in [0.15, 0.2) is 6.10 Å². The van der Waals surface area contributed by atoms with E-state index in [2.05, 4.69) is 35.1 Å². The van der Waals surface area contributed by atoms with E-state index in [1.165, 1.54) is 0 Å². The lowest BCUT2D eigenvalue weighted by atomic mass is 10.1. The minimum Gasteiger partial charge on any atom is -0.376 e. The summed E-state index contributed by atoms with van der Waals surface area (Å²) in [6.07, 6.45) is 0.606. The van der Waals surface area contributed by atoms with Crippen molar-refractivity contribution in [2.75, 3.05) is 26.4 Å². The number of carbonyl (C=O) groups excluding carboxylic acids is 1. The van der Waals surface area contributed by atoms with Gasteiger partial charge in [-0.25, -0.2) is 0 Å². The number of carbonyl (C=O) groups is 1. The lowest BCUT2D eigenvalue weighted by molar-refractivity contribution is -0.147. The third kappa shape index (κ3) is 5.27. The maximum absolute atomic E-state index is 11.7. The minimum atomic E-state index is -0.438. The predicted molar refractivity (Wildman–Crippen MR) is 65.7 cm³/mol. The summed E-state index contributed by atoms with van der Waals surface area (Å²) in [6.45, 7) is 6.40. The molecule has 4 nitrogen and oxygen atoms in total. The second-order valence-corrected chi connectivity index (χ2v) is 5.70. The normalized spacial score (nSPS) is 23.1. The fourth-order valence-electron chi connectivity index (χ4n) is 1.56. The molecule has 0 radical (unpaired) electrons. The smallest absolute Gasteiger partial charge is 0.251 e. The van der Waals surface area contributed by atoms with Crippen molar-refractivity contribution in [1.82, 2.24) is 5.32 Å². The van der Waals surface area contributed by atoms with Crippen molar-refractivity contribution >= 4 is 21.8 Å². The van der Waals surface area contributed by atoms with Crippen LogP contribution in [0.25, 0.3) is 0 Å². The van der Waals surface area contributed by atoms with Crippen LogP contribution in [0.3, 0.4) is 0 Å². The summed E-state index contributed by atoms with van der Waals surface area (Å²) in [6, 6.07) is 0. The molecule has 2 atom stereocenters. The fraction of sp³-hybridized carbons (Fsp3) is 0.909. The summed E-state index contributed by atoms with van der Waals surface area (Å²) in [5, 5.41) is 2.87. The first-order valence-electron chi connectivity index (χ1n) is 5.70. The predicted octanol–water partition coefficient (Wildman–Crippen LogP) is 1.33. The molecule has 1 aliphatic heterocycles. The van der Waals surface area contributed by atoms with Crippen LogP contribution in [-0.4, -0.2) is 43.2 Å². The third-order valence-electron chi connectivity index (χ3n) is 2.33. The molecular formula is C11H20BrNO3. The van der Waals surface area contributed by atoms with E-state index in [4.69, 9.17) is 9.47 Å². The van der Waals surface area contributed by atoms with Gasteiger partial charge in [0.05, 0.1) is 19.8 Å². The summed E-state index contributed by atoms with van der Waals surface area (Å²) in [5.41, 5.74) is 0. The molecule has 0 saturated carbocycles. The van der Waals surface area contributed by atoms with Gasteiger partial charge in [0.2, 0.25) is 0 Å². The van der Waals surface area contributed by atoms with E-state index in [1.54, 1.807) is 0 Å². The van der Waals surface area contributed by atoms with Crippen LogP contribution in [0.1, 0.15) is 20.3 Å². The first-order chi connectivity index (χ1) is 7.59. The fourth-order valence-corrected chi connectivity index (χ4v) is 2.47. The molecule has 0 aromatic carbocycles. The van der Waals surface area contributed by atoms with Crippen molar-refractivity contribution in [3.63, 3.8) is 0 Å². The second-order valence-electron chi connectivity index (χ2n) is 4.41. The average Bonchev–Trinajstić information content (AvgIpc) is 2.26. The van der Waals surface area contributed by atoms with E-state index in [0.29, 0.717) is 37.1 Å². The van der Waals surface area contributed by atoms with Crippen molar-refractivity contribution in [2.24, 2.45) is 5.92 Å². The van der Waals surface area contributed by atoms with Gasteiger partial charge < -0.3 is 14.8 Å². The monoisotopic (exact) mass is 293 g/mol. The van der Waals surface area contributed by atoms with Crippen molar-refractivity contribution in [3.05, 3.63) is 0 Å². The SMILES string of the molecule is CC(C)CC(Br)CNC(=O)C1COCCO1. The quantitative estimate of drug-likeness (QED) is 0.778. The maximum Gasteiger partial charge on any atom is 0.251 e. The lowest BCUT2D eigenvalue weighted by Gasteiger charge is -2.22. The molecule has 1 rings (SSSR count). The Labute approximate surface area is 105 Å². The molecule has 1 aliphatic rings. The van der Waals surface area contributed by atoms with Crippen LogP contribution in [-0.2, 0) is 14.3 Å². The van der Waals surface area contributed by atoms with Gasteiger partial charge >= 0.3 is 0 Å².